The van der Waals surface area contributed by atoms with Gasteiger partial charge in [0.25, 0.3) is 0 Å². The van der Waals surface area contributed by atoms with E-state index in [1.54, 1.807) is 0 Å². The second-order valence-corrected chi connectivity index (χ2v) is 3.60. The number of hydrogen-bond acceptors (Lipinski definition) is 3. The molecule has 0 aromatic rings. The molecule has 0 aliphatic carbocycles. The van der Waals surface area contributed by atoms with Crippen molar-refractivity contribution in [2.45, 2.75) is 26.0 Å². The lowest BCUT2D eigenvalue weighted by atomic mass is 10.1. The Labute approximate surface area is 80.5 Å². The van der Waals surface area contributed by atoms with E-state index in [4.69, 9.17) is 10.5 Å². The van der Waals surface area contributed by atoms with Crippen molar-refractivity contribution in [1.29, 1.82) is 0 Å². The third kappa shape index (κ3) is 3.46. The van der Waals surface area contributed by atoms with Gasteiger partial charge >= 0.3 is 0 Å². The molecular formula is C10H20N2O. The van der Waals surface area contributed by atoms with Crippen molar-refractivity contribution in [2.24, 2.45) is 5.73 Å². The molecule has 0 aromatic heterocycles. The van der Waals surface area contributed by atoms with E-state index < -0.39 is 0 Å². The lowest BCUT2D eigenvalue weighted by Gasteiger charge is -2.34. The molecule has 0 bridgehead atoms. The molecule has 3 heteroatoms. The van der Waals surface area contributed by atoms with Crippen LogP contribution in [0.4, 0.5) is 0 Å². The highest BCUT2D eigenvalue weighted by Crippen LogP contribution is 2.07. The van der Waals surface area contributed by atoms with Crippen LogP contribution in [0.3, 0.4) is 0 Å². The Morgan fingerprint density at radius 1 is 1.69 bits per heavy atom. The molecule has 13 heavy (non-hydrogen) atoms. The predicted octanol–water partition coefficient (Wildman–Crippen LogP) is 0.611. The fourth-order valence-corrected chi connectivity index (χ4v) is 1.47. The maximum atomic E-state index is 5.79. The average Bonchev–Trinajstić information content (AvgIpc) is 2.15. The van der Waals surface area contributed by atoms with Gasteiger partial charge in [0.15, 0.2) is 0 Å². The number of morpholine rings is 1. The number of hydrogen-bond donors (Lipinski definition) is 1. The summed E-state index contributed by atoms with van der Waals surface area (Å²) in [5.74, 6) is 0. The molecule has 0 amide bonds. The number of rotatable bonds is 3. The highest BCUT2D eigenvalue weighted by Gasteiger charge is 2.22. The molecule has 1 aliphatic rings. The van der Waals surface area contributed by atoms with Crippen LogP contribution in [0.25, 0.3) is 0 Å². The number of allylic oxidation sites excluding steroid dienone is 1. The zero-order valence-electron chi connectivity index (χ0n) is 8.57. The lowest BCUT2D eigenvalue weighted by molar-refractivity contribution is -0.0339. The summed E-state index contributed by atoms with van der Waals surface area (Å²) in [4.78, 5) is 2.37. The molecule has 1 aliphatic heterocycles. The van der Waals surface area contributed by atoms with Gasteiger partial charge in [-0.05, 0) is 13.8 Å². The molecule has 1 rings (SSSR count). The van der Waals surface area contributed by atoms with E-state index >= 15 is 0 Å². The van der Waals surface area contributed by atoms with Gasteiger partial charge in [-0.15, -0.1) is 0 Å². The summed E-state index contributed by atoms with van der Waals surface area (Å²) >= 11 is 0. The first-order valence-electron chi connectivity index (χ1n) is 4.94. The molecule has 2 unspecified atom stereocenters. The lowest BCUT2D eigenvalue weighted by Crippen LogP contribution is -2.49. The van der Waals surface area contributed by atoms with Gasteiger partial charge in [0.2, 0.25) is 0 Å². The van der Waals surface area contributed by atoms with Crippen LogP contribution < -0.4 is 5.73 Å². The first kappa shape index (κ1) is 10.7. The Morgan fingerprint density at radius 3 is 3.08 bits per heavy atom. The number of ether oxygens (including phenoxy) is 1. The molecule has 0 spiro atoms. The third-order valence-electron chi connectivity index (χ3n) is 2.36. The predicted molar refractivity (Wildman–Crippen MR) is 54.6 cm³/mol. The second-order valence-electron chi connectivity index (χ2n) is 3.60. The average molecular weight is 184 g/mol. The SMILES string of the molecule is C/C=C/CN1CCOC(C(C)N)C1. The Kier molecular flexibility index (Phi) is 4.42. The third-order valence-corrected chi connectivity index (χ3v) is 2.36. The van der Waals surface area contributed by atoms with Crippen molar-refractivity contribution in [1.82, 2.24) is 4.90 Å². The van der Waals surface area contributed by atoms with Gasteiger partial charge in [0.05, 0.1) is 12.7 Å². The van der Waals surface area contributed by atoms with E-state index in [1.807, 2.05) is 13.8 Å². The minimum absolute atomic E-state index is 0.133. The Bertz CT molecular complexity index is 168. The second kappa shape index (κ2) is 5.37. The zero-order chi connectivity index (χ0) is 9.68. The van der Waals surface area contributed by atoms with E-state index in [-0.39, 0.29) is 12.1 Å². The van der Waals surface area contributed by atoms with Gasteiger partial charge in [0, 0.05) is 25.7 Å². The van der Waals surface area contributed by atoms with Crippen LogP contribution in [0.15, 0.2) is 12.2 Å². The summed E-state index contributed by atoms with van der Waals surface area (Å²) in [5, 5.41) is 0. The first-order chi connectivity index (χ1) is 6.24. The summed E-state index contributed by atoms with van der Waals surface area (Å²) in [6.07, 6.45) is 4.46. The van der Waals surface area contributed by atoms with Crippen molar-refractivity contribution in [2.75, 3.05) is 26.2 Å². The Hall–Kier alpha value is -0.380. The monoisotopic (exact) mass is 184 g/mol. The summed E-state index contributed by atoms with van der Waals surface area (Å²) in [5.41, 5.74) is 5.79. The van der Waals surface area contributed by atoms with E-state index in [2.05, 4.69) is 17.1 Å². The Balaban J connectivity index is 2.33. The minimum Gasteiger partial charge on any atom is -0.374 e. The van der Waals surface area contributed by atoms with Gasteiger partial charge in [-0.1, -0.05) is 12.2 Å². The van der Waals surface area contributed by atoms with Crippen molar-refractivity contribution in [3.05, 3.63) is 12.2 Å². The Morgan fingerprint density at radius 2 is 2.46 bits per heavy atom. The van der Waals surface area contributed by atoms with Crippen LogP contribution in [0.5, 0.6) is 0 Å². The van der Waals surface area contributed by atoms with Gasteiger partial charge in [0.1, 0.15) is 0 Å². The largest absolute Gasteiger partial charge is 0.374 e. The molecule has 1 heterocycles. The molecule has 1 fully saturated rings. The molecule has 76 valence electrons. The topological polar surface area (TPSA) is 38.5 Å². The molecule has 0 radical (unpaired) electrons. The van der Waals surface area contributed by atoms with Gasteiger partial charge in [-0.3, -0.25) is 4.90 Å². The maximum absolute atomic E-state index is 5.79. The normalized spacial score (nSPS) is 28.1. The van der Waals surface area contributed by atoms with Crippen LogP contribution in [-0.4, -0.2) is 43.3 Å². The molecule has 0 saturated carbocycles. The molecule has 2 N–H and O–H groups in total. The van der Waals surface area contributed by atoms with E-state index in [0.717, 1.165) is 26.2 Å². The fraction of sp³-hybridized carbons (Fsp3) is 0.800. The van der Waals surface area contributed by atoms with Crippen molar-refractivity contribution < 1.29 is 4.74 Å². The van der Waals surface area contributed by atoms with Gasteiger partial charge in [-0.25, -0.2) is 0 Å². The van der Waals surface area contributed by atoms with Crippen LogP contribution >= 0.6 is 0 Å². The van der Waals surface area contributed by atoms with Crippen molar-refractivity contribution in [3.63, 3.8) is 0 Å². The summed E-state index contributed by atoms with van der Waals surface area (Å²) in [6, 6.07) is 0.133. The van der Waals surface area contributed by atoms with Crippen LogP contribution in [0.2, 0.25) is 0 Å². The number of nitrogens with two attached hydrogens (primary N) is 1. The zero-order valence-corrected chi connectivity index (χ0v) is 8.57. The van der Waals surface area contributed by atoms with Gasteiger partial charge < -0.3 is 10.5 Å². The smallest absolute Gasteiger partial charge is 0.0850 e. The quantitative estimate of drug-likeness (QED) is 0.653. The molecule has 1 saturated heterocycles. The fourth-order valence-electron chi connectivity index (χ4n) is 1.47. The highest BCUT2D eigenvalue weighted by atomic mass is 16.5. The molecule has 2 atom stereocenters. The van der Waals surface area contributed by atoms with Crippen LogP contribution in [0, 0.1) is 0 Å². The molecule has 3 nitrogen and oxygen atoms in total. The summed E-state index contributed by atoms with van der Waals surface area (Å²) in [6.45, 7) is 7.86. The van der Waals surface area contributed by atoms with Crippen molar-refractivity contribution in [3.8, 4) is 0 Å². The minimum atomic E-state index is 0.133. The van der Waals surface area contributed by atoms with E-state index in [9.17, 15) is 0 Å². The molecular weight excluding hydrogens is 164 g/mol. The molecule has 0 aromatic carbocycles. The summed E-state index contributed by atoms with van der Waals surface area (Å²) < 4.78 is 5.56. The first-order valence-corrected chi connectivity index (χ1v) is 4.94. The van der Waals surface area contributed by atoms with Gasteiger partial charge in [-0.2, -0.15) is 0 Å². The standard InChI is InChI=1S/C10H20N2O/c1-3-4-5-12-6-7-13-10(8-12)9(2)11/h3-4,9-10H,5-8,11H2,1-2H3/b4-3+. The number of nitrogens with zero attached hydrogens (tertiary/aromatic N) is 1. The van der Waals surface area contributed by atoms with Crippen LogP contribution in [0.1, 0.15) is 13.8 Å². The van der Waals surface area contributed by atoms with E-state index in [1.165, 1.54) is 0 Å². The van der Waals surface area contributed by atoms with Crippen LogP contribution in [-0.2, 0) is 4.74 Å². The van der Waals surface area contributed by atoms with E-state index in [0.29, 0.717) is 0 Å². The summed E-state index contributed by atoms with van der Waals surface area (Å²) in [7, 11) is 0. The maximum Gasteiger partial charge on any atom is 0.0850 e. The highest BCUT2D eigenvalue weighted by molar-refractivity contribution is 4.85. The van der Waals surface area contributed by atoms with Crippen molar-refractivity contribution >= 4 is 0 Å².